The zero-order chi connectivity index (χ0) is 14.5. The molecule has 0 saturated carbocycles. The van der Waals surface area contributed by atoms with Crippen LogP contribution in [0.5, 0.6) is 0 Å². The van der Waals surface area contributed by atoms with Gasteiger partial charge in [0.25, 0.3) is 0 Å². The lowest BCUT2D eigenvalue weighted by molar-refractivity contribution is -0.115. The van der Waals surface area contributed by atoms with E-state index in [4.69, 9.17) is 0 Å². The van der Waals surface area contributed by atoms with E-state index in [1.807, 2.05) is 37.6 Å². The van der Waals surface area contributed by atoms with Crippen molar-refractivity contribution in [2.45, 2.75) is 26.8 Å². The summed E-state index contributed by atoms with van der Waals surface area (Å²) in [5.41, 5.74) is 0.671. The highest BCUT2D eigenvalue weighted by atomic mass is 16.1. The fourth-order valence-electron chi connectivity index (χ4n) is 1.78. The van der Waals surface area contributed by atoms with Gasteiger partial charge in [-0.3, -0.25) is 9.36 Å². The lowest BCUT2D eigenvalue weighted by Crippen LogP contribution is -2.32. The molecule has 0 bridgehead atoms. The topological polar surface area (TPSA) is 71.8 Å². The summed E-state index contributed by atoms with van der Waals surface area (Å²) in [6.45, 7) is 6.16. The van der Waals surface area contributed by atoms with E-state index in [1.54, 1.807) is 18.5 Å². The van der Waals surface area contributed by atoms with E-state index in [0.29, 0.717) is 11.5 Å². The largest absolute Gasteiger partial charge is 0.322 e. The van der Waals surface area contributed by atoms with E-state index in [2.05, 4.69) is 20.6 Å². The highest BCUT2D eigenvalue weighted by Crippen LogP contribution is 2.18. The monoisotopic (exact) mass is 273 g/mol. The van der Waals surface area contributed by atoms with Gasteiger partial charge in [0.15, 0.2) is 5.82 Å². The molecule has 0 radical (unpaired) electrons. The Balaban J connectivity index is 2.17. The highest BCUT2D eigenvalue weighted by molar-refractivity contribution is 5.93. The van der Waals surface area contributed by atoms with Crippen LogP contribution in [0.4, 0.5) is 5.69 Å². The minimum atomic E-state index is -0.0919. The predicted molar refractivity (Wildman–Crippen MR) is 77.9 cm³/mol. The maximum Gasteiger partial charge on any atom is 0.238 e. The molecule has 106 valence electrons. The van der Waals surface area contributed by atoms with Gasteiger partial charge in [-0.2, -0.15) is 0 Å². The molecule has 0 unspecified atom stereocenters. The maximum absolute atomic E-state index is 11.9. The third-order valence-corrected chi connectivity index (χ3v) is 2.79. The third-order valence-electron chi connectivity index (χ3n) is 2.79. The van der Waals surface area contributed by atoms with Crippen LogP contribution in [0.3, 0.4) is 0 Å². The zero-order valence-electron chi connectivity index (χ0n) is 11.9. The molecule has 2 aromatic rings. The number of hydrogen-bond acceptors (Lipinski definition) is 4. The Morgan fingerprint density at radius 1 is 1.35 bits per heavy atom. The Labute approximate surface area is 118 Å². The van der Waals surface area contributed by atoms with Crippen molar-refractivity contribution in [2.24, 2.45) is 0 Å². The van der Waals surface area contributed by atoms with Gasteiger partial charge in [0.2, 0.25) is 5.91 Å². The Bertz CT molecular complexity index is 591. The van der Waals surface area contributed by atoms with Crippen LogP contribution in [0.15, 0.2) is 30.7 Å². The molecule has 0 aliphatic heterocycles. The summed E-state index contributed by atoms with van der Waals surface area (Å²) < 4.78 is 1.84. The number of imidazole rings is 1. The number of rotatable bonds is 5. The van der Waals surface area contributed by atoms with Crippen LogP contribution in [-0.2, 0) is 4.79 Å². The molecule has 6 heteroatoms. The van der Waals surface area contributed by atoms with Crippen molar-refractivity contribution in [3.05, 3.63) is 36.5 Å². The van der Waals surface area contributed by atoms with Gasteiger partial charge in [-0.25, -0.2) is 9.97 Å². The number of nitrogens with zero attached hydrogens (tertiary/aromatic N) is 3. The SMILES string of the molecule is Cc1nccn1-c1ncccc1NC(=O)CNC(C)C. The van der Waals surface area contributed by atoms with Crippen LogP contribution in [0.1, 0.15) is 19.7 Å². The van der Waals surface area contributed by atoms with E-state index >= 15 is 0 Å². The standard InChI is InChI=1S/C14H19N5O/c1-10(2)17-9-13(20)18-12-5-4-6-16-14(12)19-8-7-15-11(19)3/h4-8,10,17H,9H2,1-3H3,(H,18,20). The van der Waals surface area contributed by atoms with Crippen LogP contribution in [0.25, 0.3) is 5.82 Å². The van der Waals surface area contributed by atoms with Crippen molar-refractivity contribution >= 4 is 11.6 Å². The molecule has 0 aliphatic carbocycles. The summed E-state index contributed by atoms with van der Waals surface area (Å²) in [7, 11) is 0. The molecule has 20 heavy (non-hydrogen) atoms. The van der Waals surface area contributed by atoms with Gasteiger partial charge in [-0.1, -0.05) is 13.8 Å². The molecule has 2 rings (SSSR count). The number of carbonyl (C=O) groups is 1. The van der Waals surface area contributed by atoms with Gasteiger partial charge < -0.3 is 10.6 Å². The summed E-state index contributed by atoms with van der Waals surface area (Å²) >= 11 is 0. The van der Waals surface area contributed by atoms with Gasteiger partial charge in [-0.15, -0.1) is 0 Å². The second-order valence-corrected chi connectivity index (χ2v) is 4.80. The molecule has 0 spiro atoms. The van der Waals surface area contributed by atoms with Gasteiger partial charge in [0.1, 0.15) is 5.82 Å². The number of anilines is 1. The van der Waals surface area contributed by atoms with Crippen molar-refractivity contribution in [3.8, 4) is 5.82 Å². The van der Waals surface area contributed by atoms with Crippen molar-refractivity contribution in [1.82, 2.24) is 19.9 Å². The van der Waals surface area contributed by atoms with Crippen molar-refractivity contribution in [2.75, 3.05) is 11.9 Å². The lowest BCUT2D eigenvalue weighted by atomic mass is 10.3. The average molecular weight is 273 g/mol. The number of amides is 1. The number of aromatic nitrogens is 3. The molecule has 0 atom stereocenters. The van der Waals surface area contributed by atoms with E-state index in [-0.39, 0.29) is 18.5 Å². The molecule has 1 amide bonds. The molecular weight excluding hydrogens is 254 g/mol. The van der Waals surface area contributed by atoms with Crippen LogP contribution in [0.2, 0.25) is 0 Å². The quantitative estimate of drug-likeness (QED) is 0.866. The van der Waals surface area contributed by atoms with Crippen LogP contribution >= 0.6 is 0 Å². The minimum Gasteiger partial charge on any atom is -0.322 e. The average Bonchev–Trinajstić information content (AvgIpc) is 2.83. The first kappa shape index (κ1) is 14.2. The Hall–Kier alpha value is -2.21. The first-order valence-corrected chi connectivity index (χ1v) is 6.56. The van der Waals surface area contributed by atoms with E-state index < -0.39 is 0 Å². The smallest absolute Gasteiger partial charge is 0.238 e. The number of nitrogens with one attached hydrogen (secondary N) is 2. The molecule has 6 nitrogen and oxygen atoms in total. The van der Waals surface area contributed by atoms with Crippen molar-refractivity contribution in [1.29, 1.82) is 0 Å². The predicted octanol–water partition coefficient (Wildman–Crippen LogP) is 1.51. The summed E-state index contributed by atoms with van der Waals surface area (Å²) in [5.74, 6) is 1.39. The highest BCUT2D eigenvalue weighted by Gasteiger charge is 2.10. The number of aryl methyl sites for hydroxylation is 1. The molecule has 0 aliphatic rings. The lowest BCUT2D eigenvalue weighted by Gasteiger charge is -2.12. The third kappa shape index (κ3) is 3.42. The summed E-state index contributed by atoms with van der Waals surface area (Å²) in [6, 6.07) is 3.89. The normalized spacial score (nSPS) is 10.8. The first-order chi connectivity index (χ1) is 9.58. The Morgan fingerprint density at radius 2 is 2.15 bits per heavy atom. The van der Waals surface area contributed by atoms with E-state index in [0.717, 1.165) is 5.82 Å². The van der Waals surface area contributed by atoms with Crippen molar-refractivity contribution < 1.29 is 4.79 Å². The zero-order valence-corrected chi connectivity index (χ0v) is 11.9. The summed E-state index contributed by atoms with van der Waals surface area (Å²) in [5, 5.41) is 5.95. The summed E-state index contributed by atoms with van der Waals surface area (Å²) in [4.78, 5) is 20.4. The maximum atomic E-state index is 11.9. The Kier molecular flexibility index (Phi) is 4.47. The van der Waals surface area contributed by atoms with Crippen LogP contribution < -0.4 is 10.6 Å². The van der Waals surface area contributed by atoms with Crippen LogP contribution in [-0.4, -0.2) is 33.0 Å². The fourth-order valence-corrected chi connectivity index (χ4v) is 1.78. The van der Waals surface area contributed by atoms with Crippen LogP contribution in [0, 0.1) is 6.92 Å². The van der Waals surface area contributed by atoms with Crippen molar-refractivity contribution in [3.63, 3.8) is 0 Å². The number of pyridine rings is 1. The first-order valence-electron chi connectivity index (χ1n) is 6.56. The molecule has 0 saturated heterocycles. The Morgan fingerprint density at radius 3 is 2.80 bits per heavy atom. The minimum absolute atomic E-state index is 0.0919. The van der Waals surface area contributed by atoms with E-state index in [9.17, 15) is 4.79 Å². The second kappa shape index (κ2) is 6.29. The van der Waals surface area contributed by atoms with Gasteiger partial charge in [-0.05, 0) is 19.1 Å². The molecule has 2 heterocycles. The fraction of sp³-hybridized carbons (Fsp3) is 0.357. The molecular formula is C14H19N5O. The summed E-state index contributed by atoms with van der Waals surface area (Å²) in [6.07, 6.45) is 5.21. The molecule has 2 N–H and O–H groups in total. The second-order valence-electron chi connectivity index (χ2n) is 4.80. The molecule has 0 fully saturated rings. The van der Waals surface area contributed by atoms with Gasteiger partial charge in [0, 0.05) is 24.6 Å². The van der Waals surface area contributed by atoms with E-state index in [1.165, 1.54) is 0 Å². The van der Waals surface area contributed by atoms with Gasteiger partial charge >= 0.3 is 0 Å². The molecule has 0 aromatic carbocycles. The number of hydrogen-bond donors (Lipinski definition) is 2. The molecule has 2 aromatic heterocycles. The van der Waals surface area contributed by atoms with Gasteiger partial charge in [0.05, 0.1) is 12.2 Å². The number of carbonyl (C=O) groups excluding carboxylic acids is 1.